The number of piperidine rings is 2. The van der Waals surface area contributed by atoms with Crippen molar-refractivity contribution in [3.63, 3.8) is 0 Å². The summed E-state index contributed by atoms with van der Waals surface area (Å²) in [4.78, 5) is 33.1. The lowest BCUT2D eigenvalue weighted by Crippen LogP contribution is -2.43. The predicted molar refractivity (Wildman–Crippen MR) is 121 cm³/mol. The third kappa shape index (κ3) is 4.29. The minimum Gasteiger partial charge on any atom is -0.341 e. The van der Waals surface area contributed by atoms with Crippen molar-refractivity contribution in [2.24, 2.45) is 11.8 Å². The van der Waals surface area contributed by atoms with E-state index in [-0.39, 0.29) is 34.6 Å². The van der Waals surface area contributed by atoms with Crippen LogP contribution in [0.15, 0.2) is 16.0 Å². The van der Waals surface area contributed by atoms with E-state index >= 15 is 0 Å². The summed E-state index contributed by atoms with van der Waals surface area (Å²) in [5, 5.41) is 0.113. The largest absolute Gasteiger partial charge is 0.341 e. The molecule has 4 heterocycles. The number of likely N-dealkylation sites (tertiary alicyclic amines) is 1. The van der Waals surface area contributed by atoms with Crippen molar-refractivity contribution >= 4 is 37.5 Å². The van der Waals surface area contributed by atoms with Gasteiger partial charge in [-0.25, -0.2) is 13.4 Å². The lowest BCUT2D eigenvalue weighted by atomic mass is 9.94. The Labute approximate surface area is 186 Å². The number of amides is 1. The normalized spacial score (nSPS) is 23.4. The number of rotatable bonds is 4. The van der Waals surface area contributed by atoms with E-state index in [0.29, 0.717) is 35.9 Å². The van der Waals surface area contributed by atoms with E-state index in [0.717, 1.165) is 25.7 Å². The number of aryl methyl sites for hydroxylation is 1. The van der Waals surface area contributed by atoms with E-state index in [9.17, 15) is 18.0 Å². The van der Waals surface area contributed by atoms with Crippen molar-refractivity contribution < 1.29 is 13.2 Å². The highest BCUT2D eigenvalue weighted by Gasteiger charge is 2.36. The van der Waals surface area contributed by atoms with Gasteiger partial charge in [0.15, 0.2) is 0 Å². The molecule has 2 fully saturated rings. The zero-order valence-corrected chi connectivity index (χ0v) is 20.0. The molecular weight excluding hydrogens is 436 g/mol. The fourth-order valence-corrected chi connectivity index (χ4v) is 8.20. The minimum absolute atomic E-state index is 0.0612. The minimum atomic E-state index is -3.83. The predicted octanol–water partition coefficient (Wildman–Crippen LogP) is 2.45. The summed E-state index contributed by atoms with van der Waals surface area (Å²) in [6.45, 7) is 8.01. The third-order valence-electron chi connectivity index (χ3n) is 6.25. The number of hydrogen-bond acceptors (Lipinski definition) is 6. The number of fused-ring (bicyclic) bond motifs is 1. The number of carbonyl (C=O) groups is 1. The van der Waals surface area contributed by atoms with Crippen molar-refractivity contribution in [3.05, 3.63) is 21.6 Å². The van der Waals surface area contributed by atoms with Crippen LogP contribution in [0, 0.1) is 18.8 Å². The summed E-state index contributed by atoms with van der Waals surface area (Å²) in [6, 6.07) is 0. The van der Waals surface area contributed by atoms with Gasteiger partial charge >= 0.3 is 0 Å². The Hall–Kier alpha value is -1.78. The van der Waals surface area contributed by atoms with Gasteiger partial charge in [-0.3, -0.25) is 14.2 Å². The van der Waals surface area contributed by atoms with Crippen molar-refractivity contribution in [2.75, 3.05) is 26.2 Å². The third-order valence-corrected chi connectivity index (χ3v) is 9.39. The molecule has 2 saturated heterocycles. The van der Waals surface area contributed by atoms with Gasteiger partial charge in [-0.15, -0.1) is 11.3 Å². The van der Waals surface area contributed by atoms with Crippen LogP contribution in [-0.4, -0.2) is 59.3 Å². The van der Waals surface area contributed by atoms with Crippen LogP contribution in [0.4, 0.5) is 0 Å². The average molecular weight is 467 g/mol. The molecule has 0 aromatic carbocycles. The molecule has 1 amide bonds. The average Bonchev–Trinajstić information content (AvgIpc) is 3.07. The van der Waals surface area contributed by atoms with Crippen LogP contribution >= 0.6 is 11.3 Å². The Kier molecular flexibility index (Phi) is 6.24. The Bertz CT molecular complexity index is 1140. The molecule has 2 aliphatic heterocycles. The standard InChI is InChI=1S/C21H30N4O4S2/c1-14-9-15(2)11-25(10-14)31(28,29)19-16(3)30-20-18(19)21(27)24(13-22-20)12-17(26)23-7-5-4-6-8-23/h13-15H,4-12H2,1-3H3/t14-,15-/m1/s1. The maximum absolute atomic E-state index is 13.6. The van der Waals surface area contributed by atoms with Gasteiger partial charge in [0, 0.05) is 31.1 Å². The van der Waals surface area contributed by atoms with E-state index in [1.807, 2.05) is 0 Å². The van der Waals surface area contributed by atoms with Crippen LogP contribution in [0.5, 0.6) is 0 Å². The maximum Gasteiger partial charge on any atom is 0.263 e. The first-order valence-corrected chi connectivity index (χ1v) is 13.2. The SMILES string of the molecule is Cc1sc2ncn(CC(=O)N3CCCCC3)c(=O)c2c1S(=O)(=O)N1C[C@H](C)C[C@@H](C)C1. The summed E-state index contributed by atoms with van der Waals surface area (Å²) in [5.74, 6) is 0.402. The molecular formula is C21H30N4O4S2. The zero-order chi connectivity index (χ0) is 22.3. The molecule has 2 aliphatic rings. The number of hydrogen-bond donors (Lipinski definition) is 0. The smallest absolute Gasteiger partial charge is 0.263 e. The Morgan fingerprint density at radius 2 is 1.81 bits per heavy atom. The van der Waals surface area contributed by atoms with Gasteiger partial charge in [-0.05, 0) is 44.4 Å². The van der Waals surface area contributed by atoms with Gasteiger partial charge in [-0.1, -0.05) is 13.8 Å². The molecule has 2 aromatic rings. The highest BCUT2D eigenvalue weighted by molar-refractivity contribution is 7.89. The fourth-order valence-electron chi connectivity index (χ4n) is 4.86. The number of carbonyl (C=O) groups excluding carboxylic acids is 1. The lowest BCUT2D eigenvalue weighted by Gasteiger charge is -2.34. The number of nitrogens with zero attached hydrogens (tertiary/aromatic N) is 4. The van der Waals surface area contributed by atoms with Crippen molar-refractivity contribution in [1.29, 1.82) is 0 Å². The molecule has 0 spiro atoms. The Balaban J connectivity index is 1.73. The first-order chi connectivity index (χ1) is 14.7. The van der Waals surface area contributed by atoms with Gasteiger partial charge in [0.2, 0.25) is 15.9 Å². The molecule has 31 heavy (non-hydrogen) atoms. The van der Waals surface area contributed by atoms with Crippen LogP contribution in [0.25, 0.3) is 10.2 Å². The second-order valence-electron chi connectivity index (χ2n) is 9.05. The van der Waals surface area contributed by atoms with Gasteiger partial charge < -0.3 is 4.90 Å². The summed E-state index contributed by atoms with van der Waals surface area (Å²) in [5.41, 5.74) is -0.462. The Morgan fingerprint density at radius 1 is 1.16 bits per heavy atom. The van der Waals surface area contributed by atoms with Crippen LogP contribution < -0.4 is 5.56 Å². The molecule has 0 bridgehead atoms. The first-order valence-electron chi connectivity index (χ1n) is 10.9. The molecule has 2 aromatic heterocycles. The molecule has 0 N–H and O–H groups in total. The number of sulfonamides is 1. The summed E-state index contributed by atoms with van der Waals surface area (Å²) in [6.07, 6.45) is 5.40. The Morgan fingerprint density at radius 3 is 2.45 bits per heavy atom. The van der Waals surface area contributed by atoms with E-state index in [2.05, 4.69) is 18.8 Å². The van der Waals surface area contributed by atoms with Gasteiger partial charge in [-0.2, -0.15) is 4.31 Å². The highest BCUT2D eigenvalue weighted by atomic mass is 32.2. The fraction of sp³-hybridized carbons (Fsp3) is 0.667. The van der Waals surface area contributed by atoms with Crippen LogP contribution in [0.2, 0.25) is 0 Å². The lowest BCUT2D eigenvalue weighted by molar-refractivity contribution is -0.132. The van der Waals surface area contributed by atoms with Crippen molar-refractivity contribution in [3.8, 4) is 0 Å². The topological polar surface area (TPSA) is 92.6 Å². The summed E-state index contributed by atoms with van der Waals surface area (Å²) >= 11 is 1.22. The monoisotopic (exact) mass is 466 g/mol. The van der Waals surface area contributed by atoms with E-state index in [1.165, 1.54) is 26.5 Å². The van der Waals surface area contributed by atoms with Gasteiger partial charge in [0.05, 0.1) is 11.7 Å². The van der Waals surface area contributed by atoms with Crippen LogP contribution in [0.3, 0.4) is 0 Å². The van der Waals surface area contributed by atoms with E-state index < -0.39 is 15.6 Å². The highest BCUT2D eigenvalue weighted by Crippen LogP contribution is 2.35. The van der Waals surface area contributed by atoms with Crippen LogP contribution in [0.1, 0.15) is 44.4 Å². The molecule has 4 rings (SSSR count). The van der Waals surface area contributed by atoms with E-state index in [4.69, 9.17) is 0 Å². The molecule has 8 nitrogen and oxygen atoms in total. The second kappa shape index (κ2) is 8.63. The van der Waals surface area contributed by atoms with Crippen LogP contribution in [-0.2, 0) is 21.4 Å². The van der Waals surface area contributed by atoms with Crippen molar-refractivity contribution in [2.45, 2.75) is 57.9 Å². The summed E-state index contributed by atoms with van der Waals surface area (Å²) in [7, 11) is -3.83. The zero-order valence-electron chi connectivity index (χ0n) is 18.3. The quantitative estimate of drug-likeness (QED) is 0.690. The second-order valence-corrected chi connectivity index (χ2v) is 12.1. The number of aromatic nitrogens is 2. The first kappa shape index (κ1) is 22.4. The van der Waals surface area contributed by atoms with E-state index in [1.54, 1.807) is 11.8 Å². The molecule has 0 aliphatic carbocycles. The molecule has 0 unspecified atom stereocenters. The molecule has 10 heteroatoms. The van der Waals surface area contributed by atoms with Gasteiger partial charge in [0.1, 0.15) is 16.3 Å². The molecule has 0 radical (unpaired) electrons. The molecule has 2 atom stereocenters. The summed E-state index contributed by atoms with van der Waals surface area (Å²) < 4.78 is 29.9. The molecule has 170 valence electrons. The van der Waals surface area contributed by atoms with Gasteiger partial charge in [0.25, 0.3) is 5.56 Å². The molecule has 0 saturated carbocycles. The maximum atomic E-state index is 13.6. The number of thiophene rings is 1. The van der Waals surface area contributed by atoms with Crippen molar-refractivity contribution in [1.82, 2.24) is 18.8 Å².